The topological polar surface area (TPSA) is 58.4 Å². The van der Waals surface area contributed by atoms with E-state index in [2.05, 4.69) is 10.5 Å². The van der Waals surface area contributed by atoms with E-state index in [1.807, 2.05) is 4.90 Å². The zero-order chi connectivity index (χ0) is 11.5. The van der Waals surface area contributed by atoms with Crippen LogP contribution in [0.1, 0.15) is 28.2 Å². The van der Waals surface area contributed by atoms with Crippen LogP contribution in [0, 0.1) is 13.8 Å². The van der Waals surface area contributed by atoms with Crippen molar-refractivity contribution in [1.29, 1.82) is 0 Å². The van der Waals surface area contributed by atoms with Crippen LogP contribution >= 0.6 is 12.4 Å². The first-order chi connectivity index (χ1) is 7.70. The van der Waals surface area contributed by atoms with Crippen molar-refractivity contribution in [1.82, 2.24) is 15.4 Å². The fourth-order valence-corrected chi connectivity index (χ4v) is 2.00. The Morgan fingerprint density at radius 1 is 1.35 bits per heavy atom. The first-order valence-electron chi connectivity index (χ1n) is 5.63. The van der Waals surface area contributed by atoms with Gasteiger partial charge in [-0.25, -0.2) is 0 Å². The molecule has 0 saturated carbocycles. The van der Waals surface area contributed by atoms with Crippen molar-refractivity contribution >= 4 is 18.3 Å². The summed E-state index contributed by atoms with van der Waals surface area (Å²) in [6.45, 7) is 6.97. The molecule has 6 heteroatoms. The fraction of sp³-hybridized carbons (Fsp3) is 0.636. The lowest BCUT2D eigenvalue weighted by Gasteiger charge is -2.19. The molecule has 0 aromatic carbocycles. The number of nitrogens with one attached hydrogen (secondary N) is 1. The highest BCUT2D eigenvalue weighted by Gasteiger charge is 2.23. The van der Waals surface area contributed by atoms with Crippen LogP contribution in [-0.4, -0.2) is 42.1 Å². The van der Waals surface area contributed by atoms with Gasteiger partial charge in [0.2, 0.25) is 0 Å². The van der Waals surface area contributed by atoms with Gasteiger partial charge in [-0.1, -0.05) is 5.16 Å². The van der Waals surface area contributed by atoms with Crippen molar-refractivity contribution < 1.29 is 9.32 Å². The molecule has 1 N–H and O–H groups in total. The molecule has 0 bridgehead atoms. The van der Waals surface area contributed by atoms with Gasteiger partial charge in [-0.15, -0.1) is 12.4 Å². The maximum Gasteiger partial charge on any atom is 0.259 e. The third-order valence-corrected chi connectivity index (χ3v) is 2.87. The van der Waals surface area contributed by atoms with E-state index in [4.69, 9.17) is 4.52 Å². The second kappa shape index (κ2) is 6.02. The molecule has 1 aliphatic heterocycles. The van der Waals surface area contributed by atoms with E-state index in [0.717, 1.165) is 32.6 Å². The highest BCUT2D eigenvalue weighted by atomic mass is 35.5. The molecule has 1 aromatic heterocycles. The number of amides is 1. The van der Waals surface area contributed by atoms with Crippen molar-refractivity contribution in [3.05, 3.63) is 17.0 Å². The fourth-order valence-electron chi connectivity index (χ4n) is 2.00. The van der Waals surface area contributed by atoms with Crippen LogP contribution in [-0.2, 0) is 0 Å². The maximum atomic E-state index is 12.3. The van der Waals surface area contributed by atoms with E-state index in [9.17, 15) is 4.79 Å². The van der Waals surface area contributed by atoms with Gasteiger partial charge < -0.3 is 14.7 Å². The number of aryl methyl sites for hydroxylation is 2. The Morgan fingerprint density at radius 2 is 2.12 bits per heavy atom. The molecule has 1 fully saturated rings. The molecule has 0 spiro atoms. The van der Waals surface area contributed by atoms with E-state index >= 15 is 0 Å². The second-order valence-electron chi connectivity index (χ2n) is 4.09. The van der Waals surface area contributed by atoms with Crippen LogP contribution in [0.3, 0.4) is 0 Å². The third kappa shape index (κ3) is 2.98. The standard InChI is InChI=1S/C11H17N3O2.ClH/c1-8-10(9(2)16-13-8)11(15)14-6-3-4-12-5-7-14;/h12H,3-7H2,1-2H3;1H. The Morgan fingerprint density at radius 3 is 2.76 bits per heavy atom. The summed E-state index contributed by atoms with van der Waals surface area (Å²) in [6.07, 6.45) is 0.995. The van der Waals surface area contributed by atoms with Crippen molar-refractivity contribution in [3.63, 3.8) is 0 Å². The van der Waals surface area contributed by atoms with Gasteiger partial charge in [-0.05, 0) is 26.8 Å². The summed E-state index contributed by atoms with van der Waals surface area (Å²) in [4.78, 5) is 14.1. The van der Waals surface area contributed by atoms with E-state index in [-0.39, 0.29) is 18.3 Å². The first-order valence-corrected chi connectivity index (χ1v) is 5.63. The van der Waals surface area contributed by atoms with Gasteiger partial charge in [0.1, 0.15) is 11.3 Å². The summed E-state index contributed by atoms with van der Waals surface area (Å²) in [6, 6.07) is 0. The molecule has 0 radical (unpaired) electrons. The SMILES string of the molecule is Cc1noc(C)c1C(=O)N1CCCNCC1.Cl. The monoisotopic (exact) mass is 259 g/mol. The van der Waals surface area contributed by atoms with Gasteiger partial charge in [-0.2, -0.15) is 0 Å². The molecule has 5 nitrogen and oxygen atoms in total. The van der Waals surface area contributed by atoms with Crippen LogP contribution in [0.4, 0.5) is 0 Å². The molecule has 2 heterocycles. The average Bonchev–Trinajstić information content (AvgIpc) is 2.51. The maximum absolute atomic E-state index is 12.3. The van der Waals surface area contributed by atoms with Crippen LogP contribution in [0.2, 0.25) is 0 Å². The largest absolute Gasteiger partial charge is 0.361 e. The van der Waals surface area contributed by atoms with Gasteiger partial charge in [0.05, 0.1) is 5.69 Å². The Hall–Kier alpha value is -1.07. The number of carbonyl (C=O) groups excluding carboxylic acids is 1. The molecule has 0 atom stereocenters. The van der Waals surface area contributed by atoms with Crippen molar-refractivity contribution in [2.45, 2.75) is 20.3 Å². The number of halogens is 1. The number of aromatic nitrogens is 1. The summed E-state index contributed by atoms with van der Waals surface area (Å²) in [5.41, 5.74) is 1.31. The molecular formula is C11H18ClN3O2. The van der Waals surface area contributed by atoms with Crippen LogP contribution in [0.25, 0.3) is 0 Å². The Kier molecular flexibility index (Phi) is 4.96. The van der Waals surface area contributed by atoms with Gasteiger partial charge >= 0.3 is 0 Å². The van der Waals surface area contributed by atoms with Gasteiger partial charge in [0.25, 0.3) is 5.91 Å². The molecule has 0 aliphatic carbocycles. The lowest BCUT2D eigenvalue weighted by atomic mass is 10.1. The minimum Gasteiger partial charge on any atom is -0.361 e. The summed E-state index contributed by atoms with van der Waals surface area (Å²) < 4.78 is 5.03. The van der Waals surface area contributed by atoms with Crippen LogP contribution in [0.5, 0.6) is 0 Å². The Bertz CT molecular complexity index is 365. The number of hydrogen-bond acceptors (Lipinski definition) is 4. The highest BCUT2D eigenvalue weighted by molar-refractivity contribution is 5.96. The quantitative estimate of drug-likeness (QED) is 0.822. The first kappa shape index (κ1) is 14.0. The summed E-state index contributed by atoms with van der Waals surface area (Å²) >= 11 is 0. The highest BCUT2D eigenvalue weighted by Crippen LogP contribution is 2.15. The van der Waals surface area contributed by atoms with E-state index in [0.29, 0.717) is 17.0 Å². The van der Waals surface area contributed by atoms with E-state index < -0.39 is 0 Å². The van der Waals surface area contributed by atoms with Crippen molar-refractivity contribution in [2.24, 2.45) is 0 Å². The smallest absolute Gasteiger partial charge is 0.259 e. The Labute approximate surface area is 107 Å². The van der Waals surface area contributed by atoms with Gasteiger partial charge in [-0.3, -0.25) is 4.79 Å². The minimum absolute atomic E-state index is 0. The minimum atomic E-state index is 0. The molecule has 1 aliphatic rings. The summed E-state index contributed by atoms with van der Waals surface area (Å²) in [7, 11) is 0. The summed E-state index contributed by atoms with van der Waals surface area (Å²) in [5, 5.41) is 7.09. The predicted octanol–water partition coefficient (Wildman–Crippen LogP) is 1.15. The molecular weight excluding hydrogens is 242 g/mol. The molecule has 1 saturated heterocycles. The Balaban J connectivity index is 0.00000144. The van der Waals surface area contributed by atoms with Crippen LogP contribution in [0.15, 0.2) is 4.52 Å². The zero-order valence-electron chi connectivity index (χ0n) is 10.2. The lowest BCUT2D eigenvalue weighted by molar-refractivity contribution is 0.0764. The molecule has 1 amide bonds. The third-order valence-electron chi connectivity index (χ3n) is 2.87. The predicted molar refractivity (Wildman–Crippen MR) is 66.6 cm³/mol. The van der Waals surface area contributed by atoms with Crippen molar-refractivity contribution in [3.8, 4) is 0 Å². The zero-order valence-corrected chi connectivity index (χ0v) is 11.0. The molecule has 17 heavy (non-hydrogen) atoms. The second-order valence-corrected chi connectivity index (χ2v) is 4.09. The van der Waals surface area contributed by atoms with Crippen molar-refractivity contribution in [2.75, 3.05) is 26.2 Å². The molecule has 0 unspecified atom stereocenters. The normalized spacial score (nSPS) is 16.2. The van der Waals surface area contributed by atoms with Gasteiger partial charge in [0.15, 0.2) is 0 Å². The average molecular weight is 260 g/mol. The number of rotatable bonds is 1. The van der Waals surface area contributed by atoms with Gasteiger partial charge in [0, 0.05) is 19.6 Å². The lowest BCUT2D eigenvalue weighted by Crippen LogP contribution is -2.34. The molecule has 96 valence electrons. The molecule has 2 rings (SSSR count). The number of nitrogens with zero attached hydrogens (tertiary/aromatic N) is 2. The number of carbonyl (C=O) groups is 1. The molecule has 1 aromatic rings. The van der Waals surface area contributed by atoms with Crippen LogP contribution < -0.4 is 5.32 Å². The number of hydrogen-bond donors (Lipinski definition) is 1. The summed E-state index contributed by atoms with van der Waals surface area (Å²) in [5.74, 6) is 0.652. The van der Waals surface area contributed by atoms with E-state index in [1.54, 1.807) is 13.8 Å². The van der Waals surface area contributed by atoms with E-state index in [1.165, 1.54) is 0 Å².